The SMILES string of the molecule is COc1ccc(Br)c2c1C[C@@H](N(Cc1ccccc1)Cc1ccccc1)CO2.COc1ccc(F)c2c1C[C@@H](N(Cc1ccccc1)Cc1ccccc1)CO2. The molecule has 0 unspecified atom stereocenters. The Balaban J connectivity index is 0.000000172. The highest BCUT2D eigenvalue weighted by Gasteiger charge is 2.31. The van der Waals surface area contributed by atoms with Crippen LogP contribution in [0.2, 0.25) is 0 Å². The Morgan fingerprint density at radius 3 is 1.27 bits per heavy atom. The van der Waals surface area contributed by atoms with Crippen molar-refractivity contribution in [1.82, 2.24) is 9.80 Å². The fourth-order valence-electron chi connectivity index (χ4n) is 7.56. The van der Waals surface area contributed by atoms with Crippen molar-refractivity contribution < 1.29 is 23.3 Å². The molecule has 288 valence electrons. The predicted octanol–water partition coefficient (Wildman–Crippen LogP) is 10.3. The van der Waals surface area contributed by atoms with Crippen molar-refractivity contribution in [3.63, 3.8) is 0 Å². The topological polar surface area (TPSA) is 43.4 Å². The molecule has 0 fully saturated rings. The molecule has 0 radical (unpaired) electrons. The van der Waals surface area contributed by atoms with Crippen LogP contribution in [0.15, 0.2) is 150 Å². The smallest absolute Gasteiger partial charge is 0.165 e. The van der Waals surface area contributed by atoms with Gasteiger partial charge in [0.15, 0.2) is 11.6 Å². The van der Waals surface area contributed by atoms with E-state index in [2.05, 4.69) is 135 Å². The Bertz CT molecular complexity index is 1900. The molecule has 0 aromatic heterocycles. The van der Waals surface area contributed by atoms with Crippen LogP contribution >= 0.6 is 15.9 Å². The molecule has 8 heteroatoms. The van der Waals surface area contributed by atoms with E-state index in [0.717, 1.165) is 59.7 Å². The zero-order valence-electron chi connectivity index (χ0n) is 32.0. The van der Waals surface area contributed by atoms with Gasteiger partial charge in [-0.25, -0.2) is 4.39 Å². The molecule has 0 aliphatic carbocycles. The molecule has 6 aromatic carbocycles. The van der Waals surface area contributed by atoms with Gasteiger partial charge in [0.05, 0.1) is 18.7 Å². The highest BCUT2D eigenvalue weighted by Crippen LogP contribution is 2.40. The van der Waals surface area contributed by atoms with Crippen LogP contribution in [0, 0.1) is 5.82 Å². The van der Waals surface area contributed by atoms with Crippen molar-refractivity contribution >= 4 is 15.9 Å². The lowest BCUT2D eigenvalue weighted by molar-refractivity contribution is 0.102. The third kappa shape index (κ3) is 9.80. The minimum atomic E-state index is -0.327. The molecule has 2 atom stereocenters. The predicted molar refractivity (Wildman–Crippen MR) is 224 cm³/mol. The standard InChI is InChI=1S/C24H24BrNO2.C24H24FNO2/c2*1-27-23-13-12-22(25)24-21(23)14-20(17-28-24)26(15-18-8-4-2-5-9-18)16-19-10-6-3-7-11-19/h2*2-13,20H,14-17H2,1H3/t2*20-/m11/s1. The van der Waals surface area contributed by atoms with Gasteiger partial charge in [0.25, 0.3) is 0 Å². The highest BCUT2D eigenvalue weighted by molar-refractivity contribution is 9.10. The average molecular weight is 816 g/mol. The van der Waals surface area contributed by atoms with Gasteiger partial charge < -0.3 is 18.9 Å². The molecule has 6 aromatic rings. The Kier molecular flexibility index (Phi) is 13.4. The summed E-state index contributed by atoms with van der Waals surface area (Å²) in [7, 11) is 3.33. The number of hydrogen-bond acceptors (Lipinski definition) is 6. The number of halogens is 2. The lowest BCUT2D eigenvalue weighted by Gasteiger charge is -2.36. The molecule has 0 bridgehead atoms. The number of rotatable bonds is 12. The minimum absolute atomic E-state index is 0.128. The van der Waals surface area contributed by atoms with E-state index in [1.54, 1.807) is 20.3 Å². The van der Waals surface area contributed by atoms with E-state index < -0.39 is 0 Å². The number of fused-ring (bicyclic) bond motifs is 2. The molecule has 0 saturated carbocycles. The van der Waals surface area contributed by atoms with E-state index in [9.17, 15) is 4.39 Å². The third-order valence-electron chi connectivity index (χ3n) is 10.4. The van der Waals surface area contributed by atoms with Crippen molar-refractivity contribution in [2.75, 3.05) is 27.4 Å². The molecule has 6 nitrogen and oxygen atoms in total. The third-order valence-corrected chi connectivity index (χ3v) is 11.1. The number of hydrogen-bond donors (Lipinski definition) is 0. The molecular formula is C48H48BrFN2O4. The average Bonchev–Trinajstić information content (AvgIpc) is 3.25. The molecule has 2 aliphatic heterocycles. The van der Waals surface area contributed by atoms with Crippen molar-refractivity contribution in [1.29, 1.82) is 0 Å². The molecule has 0 amide bonds. The summed E-state index contributed by atoms with van der Waals surface area (Å²) in [5.41, 5.74) is 7.06. The van der Waals surface area contributed by atoms with Crippen molar-refractivity contribution in [2.45, 2.75) is 51.1 Å². The molecule has 8 rings (SSSR count). The van der Waals surface area contributed by atoms with Gasteiger partial charge in [-0.3, -0.25) is 9.80 Å². The first-order valence-corrected chi connectivity index (χ1v) is 19.9. The number of ether oxygens (including phenoxy) is 4. The second-order valence-corrected chi connectivity index (χ2v) is 15.1. The summed E-state index contributed by atoms with van der Waals surface area (Å²) in [6.07, 6.45) is 1.59. The fourth-order valence-corrected chi connectivity index (χ4v) is 8.05. The Hall–Kier alpha value is -5.15. The first-order chi connectivity index (χ1) is 27.5. The summed E-state index contributed by atoms with van der Waals surface area (Å²) in [6, 6.07) is 49.6. The lowest BCUT2D eigenvalue weighted by Crippen LogP contribution is -2.42. The number of methoxy groups -OCH3 is 2. The zero-order valence-corrected chi connectivity index (χ0v) is 33.5. The maximum atomic E-state index is 14.2. The van der Waals surface area contributed by atoms with Crippen LogP contribution in [-0.2, 0) is 39.0 Å². The van der Waals surface area contributed by atoms with E-state index in [-0.39, 0.29) is 17.9 Å². The Labute approximate surface area is 338 Å². The van der Waals surface area contributed by atoms with E-state index in [1.807, 2.05) is 24.3 Å². The first-order valence-electron chi connectivity index (χ1n) is 19.1. The van der Waals surface area contributed by atoms with Crippen LogP contribution in [0.4, 0.5) is 4.39 Å². The summed E-state index contributed by atoms with van der Waals surface area (Å²) in [5.74, 6) is 2.49. The Morgan fingerprint density at radius 1 is 0.518 bits per heavy atom. The van der Waals surface area contributed by atoms with Gasteiger partial charge in [-0.2, -0.15) is 0 Å². The van der Waals surface area contributed by atoms with Crippen molar-refractivity contribution in [3.05, 3.63) is 189 Å². The van der Waals surface area contributed by atoms with Gasteiger partial charge in [0, 0.05) is 49.4 Å². The van der Waals surface area contributed by atoms with Gasteiger partial charge in [-0.15, -0.1) is 0 Å². The largest absolute Gasteiger partial charge is 0.496 e. The van der Waals surface area contributed by atoms with Gasteiger partial charge in [-0.1, -0.05) is 121 Å². The summed E-state index contributed by atoms with van der Waals surface area (Å²) >= 11 is 3.62. The maximum Gasteiger partial charge on any atom is 0.165 e. The summed E-state index contributed by atoms with van der Waals surface area (Å²) < 4.78 is 38.3. The van der Waals surface area contributed by atoms with Crippen LogP contribution in [0.1, 0.15) is 33.4 Å². The van der Waals surface area contributed by atoms with E-state index in [0.29, 0.717) is 31.1 Å². The number of benzene rings is 6. The van der Waals surface area contributed by atoms with Gasteiger partial charge >= 0.3 is 0 Å². The molecule has 0 N–H and O–H groups in total. The van der Waals surface area contributed by atoms with E-state index in [4.69, 9.17) is 18.9 Å². The monoisotopic (exact) mass is 814 g/mol. The lowest BCUT2D eigenvalue weighted by atomic mass is 9.98. The van der Waals surface area contributed by atoms with Crippen LogP contribution in [0.25, 0.3) is 0 Å². The van der Waals surface area contributed by atoms with Crippen molar-refractivity contribution in [2.24, 2.45) is 0 Å². The van der Waals surface area contributed by atoms with Gasteiger partial charge in [0.2, 0.25) is 0 Å². The van der Waals surface area contributed by atoms with Gasteiger partial charge in [0.1, 0.15) is 30.5 Å². The quantitative estimate of drug-likeness (QED) is 0.123. The number of nitrogens with zero attached hydrogens (tertiary/aromatic N) is 2. The first kappa shape index (κ1) is 39.1. The summed E-state index contributed by atoms with van der Waals surface area (Å²) in [6.45, 7) is 4.49. The van der Waals surface area contributed by atoms with Gasteiger partial charge in [-0.05, 0) is 75.3 Å². The van der Waals surface area contributed by atoms with Crippen LogP contribution < -0.4 is 18.9 Å². The minimum Gasteiger partial charge on any atom is -0.496 e. The van der Waals surface area contributed by atoms with E-state index >= 15 is 0 Å². The second-order valence-electron chi connectivity index (χ2n) is 14.2. The van der Waals surface area contributed by atoms with Crippen molar-refractivity contribution in [3.8, 4) is 23.0 Å². The molecule has 2 heterocycles. The summed E-state index contributed by atoms with van der Waals surface area (Å²) in [4.78, 5) is 4.91. The highest BCUT2D eigenvalue weighted by atomic mass is 79.9. The second kappa shape index (κ2) is 19.1. The molecule has 2 aliphatic rings. The normalized spacial score (nSPS) is 15.8. The summed E-state index contributed by atoms with van der Waals surface area (Å²) in [5, 5.41) is 0. The fraction of sp³-hybridized carbons (Fsp3) is 0.250. The molecule has 56 heavy (non-hydrogen) atoms. The Morgan fingerprint density at radius 2 is 0.875 bits per heavy atom. The maximum absolute atomic E-state index is 14.2. The molecule has 0 spiro atoms. The molecular weight excluding hydrogens is 767 g/mol. The zero-order chi connectivity index (χ0) is 38.7. The van der Waals surface area contributed by atoms with E-state index in [1.165, 1.54) is 28.3 Å². The van der Waals surface area contributed by atoms with Crippen LogP contribution in [-0.4, -0.2) is 49.3 Å². The van der Waals surface area contributed by atoms with Crippen LogP contribution in [0.3, 0.4) is 0 Å². The van der Waals surface area contributed by atoms with Crippen LogP contribution in [0.5, 0.6) is 23.0 Å². The molecule has 0 saturated heterocycles.